The lowest BCUT2D eigenvalue weighted by atomic mass is 10.3. The molecule has 1 heterocycles. The maximum absolute atomic E-state index is 11.3. The summed E-state index contributed by atoms with van der Waals surface area (Å²) in [5.74, 6) is 0.382. The van der Waals surface area contributed by atoms with Crippen molar-refractivity contribution in [3.63, 3.8) is 0 Å². The van der Waals surface area contributed by atoms with Gasteiger partial charge in [-0.2, -0.15) is 0 Å². The molecule has 0 saturated carbocycles. The van der Waals surface area contributed by atoms with E-state index in [4.69, 9.17) is 0 Å². The first-order valence-electron chi connectivity index (χ1n) is 6.37. The van der Waals surface area contributed by atoms with Crippen LogP contribution < -0.4 is 10.6 Å². The van der Waals surface area contributed by atoms with Gasteiger partial charge in [-0.05, 0) is 30.7 Å². The molecule has 2 aromatic rings. The fourth-order valence-electron chi connectivity index (χ4n) is 1.69. The lowest BCUT2D eigenvalue weighted by Crippen LogP contribution is -2.08. The number of hydrogen-bond donors (Lipinski definition) is 2. The molecule has 21 heavy (non-hydrogen) atoms. The first kappa shape index (κ1) is 15.2. The highest BCUT2D eigenvalue weighted by Crippen LogP contribution is 2.31. The zero-order chi connectivity index (χ0) is 15.2. The van der Waals surface area contributed by atoms with Gasteiger partial charge in [-0.3, -0.25) is 10.1 Å². The Kier molecular flexibility index (Phi) is 5.04. The third-order valence-electron chi connectivity index (χ3n) is 2.65. The molecule has 0 saturated heterocycles. The maximum Gasteiger partial charge on any atom is 0.353 e. The predicted molar refractivity (Wildman–Crippen MR) is 84.9 cm³/mol. The highest BCUT2D eigenvalue weighted by Gasteiger charge is 2.22. The molecular weight excluding hydrogens is 338 g/mol. The average molecular weight is 352 g/mol. The molecule has 2 N–H and O–H groups in total. The van der Waals surface area contributed by atoms with Gasteiger partial charge in [0.25, 0.3) is 0 Å². The SMILES string of the molecule is CCCNc1ncnc(Nc2ccc(Br)cc2)c1[N+](=O)[O-]. The lowest BCUT2D eigenvalue weighted by molar-refractivity contribution is -0.383. The fraction of sp³-hybridized carbons (Fsp3) is 0.231. The number of rotatable bonds is 6. The van der Waals surface area contributed by atoms with Gasteiger partial charge in [-0.15, -0.1) is 0 Å². The van der Waals surface area contributed by atoms with E-state index in [-0.39, 0.29) is 17.3 Å². The van der Waals surface area contributed by atoms with Gasteiger partial charge in [0.2, 0.25) is 11.6 Å². The molecular formula is C13H14BrN5O2. The quantitative estimate of drug-likeness (QED) is 0.608. The average Bonchev–Trinajstić information content (AvgIpc) is 2.47. The normalized spacial score (nSPS) is 10.2. The van der Waals surface area contributed by atoms with Crippen LogP contribution >= 0.6 is 15.9 Å². The van der Waals surface area contributed by atoms with Crippen molar-refractivity contribution >= 4 is 38.9 Å². The molecule has 0 unspecified atom stereocenters. The summed E-state index contributed by atoms with van der Waals surface area (Å²) in [6, 6.07) is 7.28. The number of hydrogen-bond acceptors (Lipinski definition) is 6. The molecule has 0 amide bonds. The highest BCUT2D eigenvalue weighted by atomic mass is 79.9. The Balaban J connectivity index is 2.33. The van der Waals surface area contributed by atoms with E-state index in [2.05, 4.69) is 36.5 Å². The van der Waals surface area contributed by atoms with Gasteiger partial charge < -0.3 is 10.6 Å². The third kappa shape index (κ3) is 3.88. The van der Waals surface area contributed by atoms with E-state index in [1.165, 1.54) is 6.33 Å². The topological polar surface area (TPSA) is 93.0 Å². The molecule has 0 aliphatic carbocycles. The molecule has 0 radical (unpaired) electrons. The molecule has 8 heteroatoms. The number of aromatic nitrogens is 2. The van der Waals surface area contributed by atoms with E-state index in [9.17, 15) is 10.1 Å². The zero-order valence-electron chi connectivity index (χ0n) is 11.3. The van der Waals surface area contributed by atoms with Gasteiger partial charge in [0.15, 0.2) is 0 Å². The summed E-state index contributed by atoms with van der Waals surface area (Å²) in [5.41, 5.74) is 0.551. The number of nitro groups is 1. The van der Waals surface area contributed by atoms with Gasteiger partial charge in [0.05, 0.1) is 4.92 Å². The second-order valence-electron chi connectivity index (χ2n) is 4.24. The summed E-state index contributed by atoms with van der Waals surface area (Å²) in [6.07, 6.45) is 2.14. The van der Waals surface area contributed by atoms with Crippen LogP contribution in [0, 0.1) is 10.1 Å². The second-order valence-corrected chi connectivity index (χ2v) is 5.15. The third-order valence-corrected chi connectivity index (χ3v) is 3.18. The van der Waals surface area contributed by atoms with Crippen molar-refractivity contribution in [2.75, 3.05) is 17.2 Å². The summed E-state index contributed by atoms with van der Waals surface area (Å²) >= 11 is 3.34. The van der Waals surface area contributed by atoms with Crippen molar-refractivity contribution in [1.82, 2.24) is 9.97 Å². The maximum atomic E-state index is 11.3. The number of halogens is 1. The van der Waals surface area contributed by atoms with E-state index in [0.29, 0.717) is 12.2 Å². The van der Waals surface area contributed by atoms with E-state index in [1.54, 1.807) is 12.1 Å². The molecule has 0 atom stereocenters. The van der Waals surface area contributed by atoms with Gasteiger partial charge >= 0.3 is 5.69 Å². The van der Waals surface area contributed by atoms with Crippen molar-refractivity contribution in [3.05, 3.63) is 45.2 Å². The predicted octanol–water partition coefficient (Wildman–Crippen LogP) is 3.71. The minimum Gasteiger partial charge on any atom is -0.364 e. The Morgan fingerprint density at radius 2 is 1.90 bits per heavy atom. The summed E-state index contributed by atoms with van der Waals surface area (Å²) in [4.78, 5) is 18.7. The van der Waals surface area contributed by atoms with Crippen LogP contribution in [0.5, 0.6) is 0 Å². The molecule has 110 valence electrons. The van der Waals surface area contributed by atoms with Gasteiger partial charge in [-0.1, -0.05) is 22.9 Å². The first-order chi connectivity index (χ1) is 10.1. The smallest absolute Gasteiger partial charge is 0.353 e. The molecule has 1 aromatic carbocycles. The summed E-state index contributed by atoms with van der Waals surface area (Å²) in [6.45, 7) is 2.58. The van der Waals surface area contributed by atoms with Crippen LogP contribution in [0.4, 0.5) is 23.0 Å². The minimum atomic E-state index is -0.487. The van der Waals surface area contributed by atoms with Crippen LogP contribution in [-0.2, 0) is 0 Å². The van der Waals surface area contributed by atoms with E-state index >= 15 is 0 Å². The molecule has 2 rings (SSSR count). The van der Waals surface area contributed by atoms with Gasteiger partial charge in [-0.25, -0.2) is 9.97 Å². The Bertz CT molecular complexity index is 633. The first-order valence-corrected chi connectivity index (χ1v) is 7.17. The van der Waals surface area contributed by atoms with E-state index in [1.807, 2.05) is 19.1 Å². The standard InChI is InChI=1S/C13H14BrN5O2/c1-2-7-15-12-11(19(20)21)13(17-8-16-12)18-10-5-3-9(14)4-6-10/h3-6,8H,2,7H2,1H3,(H2,15,16,17,18). The van der Waals surface area contributed by atoms with Crippen molar-refractivity contribution < 1.29 is 4.92 Å². The molecule has 0 aliphatic rings. The van der Waals surface area contributed by atoms with Crippen LogP contribution in [0.2, 0.25) is 0 Å². The Labute approximate surface area is 130 Å². The van der Waals surface area contributed by atoms with Crippen LogP contribution in [0.1, 0.15) is 13.3 Å². The summed E-state index contributed by atoms with van der Waals surface area (Å²) in [7, 11) is 0. The van der Waals surface area contributed by atoms with Crippen LogP contribution in [0.25, 0.3) is 0 Å². The molecule has 7 nitrogen and oxygen atoms in total. The monoisotopic (exact) mass is 351 g/mol. The van der Waals surface area contributed by atoms with Crippen LogP contribution in [0.3, 0.4) is 0 Å². The Hall–Kier alpha value is -2.22. The number of benzene rings is 1. The second kappa shape index (κ2) is 6.98. The fourth-order valence-corrected chi connectivity index (χ4v) is 1.95. The number of nitrogens with zero attached hydrogens (tertiary/aromatic N) is 3. The lowest BCUT2D eigenvalue weighted by Gasteiger charge is -2.09. The summed E-state index contributed by atoms with van der Waals surface area (Å²) < 4.78 is 0.926. The highest BCUT2D eigenvalue weighted by molar-refractivity contribution is 9.10. The largest absolute Gasteiger partial charge is 0.364 e. The van der Waals surface area contributed by atoms with Crippen molar-refractivity contribution in [2.24, 2.45) is 0 Å². The van der Waals surface area contributed by atoms with Crippen molar-refractivity contribution in [2.45, 2.75) is 13.3 Å². The van der Waals surface area contributed by atoms with Crippen LogP contribution in [-0.4, -0.2) is 21.4 Å². The van der Waals surface area contributed by atoms with Crippen LogP contribution in [0.15, 0.2) is 35.1 Å². The molecule has 0 aliphatic heterocycles. The molecule has 1 aromatic heterocycles. The van der Waals surface area contributed by atoms with Gasteiger partial charge in [0.1, 0.15) is 6.33 Å². The minimum absolute atomic E-state index is 0.158. The van der Waals surface area contributed by atoms with Crippen molar-refractivity contribution in [1.29, 1.82) is 0 Å². The van der Waals surface area contributed by atoms with Crippen molar-refractivity contribution in [3.8, 4) is 0 Å². The summed E-state index contributed by atoms with van der Waals surface area (Å²) in [5, 5.41) is 17.2. The molecule has 0 fully saturated rings. The Morgan fingerprint density at radius 1 is 1.24 bits per heavy atom. The zero-order valence-corrected chi connectivity index (χ0v) is 12.9. The van der Waals surface area contributed by atoms with E-state index < -0.39 is 4.92 Å². The number of anilines is 3. The molecule has 0 spiro atoms. The molecule has 0 bridgehead atoms. The Morgan fingerprint density at radius 3 is 2.52 bits per heavy atom. The number of nitrogens with one attached hydrogen (secondary N) is 2. The van der Waals surface area contributed by atoms with Gasteiger partial charge in [0, 0.05) is 16.7 Å². The van der Waals surface area contributed by atoms with E-state index in [0.717, 1.165) is 10.9 Å².